The van der Waals surface area contributed by atoms with E-state index < -0.39 is 18.4 Å². The molecule has 0 aliphatic carbocycles. The molecule has 1 aliphatic heterocycles. The molecule has 0 unspecified atom stereocenters. The zero-order valence-electron chi connectivity index (χ0n) is 19.1. The Labute approximate surface area is 192 Å². The quantitative estimate of drug-likeness (QED) is 0.485. The molecule has 174 valence electrons. The fourth-order valence-electron chi connectivity index (χ4n) is 4.26. The Morgan fingerprint density at radius 1 is 1.15 bits per heavy atom. The number of benzene rings is 2. The van der Waals surface area contributed by atoms with Gasteiger partial charge in [0.05, 0.1) is 12.2 Å². The average molecular weight is 454 g/mol. The molecule has 6 nitrogen and oxygen atoms in total. The van der Waals surface area contributed by atoms with Crippen molar-refractivity contribution < 1.29 is 13.6 Å². The second-order valence-electron chi connectivity index (χ2n) is 8.27. The Balaban J connectivity index is 1.57. The van der Waals surface area contributed by atoms with Gasteiger partial charge < -0.3 is 15.5 Å². The molecule has 0 radical (unpaired) electrons. The lowest BCUT2D eigenvalue weighted by Crippen LogP contribution is -2.31. The van der Waals surface area contributed by atoms with Crippen LogP contribution in [0.5, 0.6) is 0 Å². The molecule has 4 rings (SSSR count). The number of anilines is 3. The molecule has 1 aliphatic rings. The van der Waals surface area contributed by atoms with Crippen LogP contribution in [-0.4, -0.2) is 35.2 Å². The number of carbonyl (C=O) groups excluding carboxylic acids is 1. The number of aryl methyl sites for hydroxylation is 1. The first-order chi connectivity index (χ1) is 15.9. The predicted octanol–water partition coefficient (Wildman–Crippen LogP) is 5.65. The fraction of sp³-hybridized carbons (Fsp3) is 0.360. The van der Waals surface area contributed by atoms with Crippen LogP contribution >= 0.6 is 0 Å². The van der Waals surface area contributed by atoms with Crippen molar-refractivity contribution in [3.8, 4) is 0 Å². The van der Waals surface area contributed by atoms with E-state index in [-0.39, 0.29) is 18.0 Å². The Morgan fingerprint density at radius 2 is 1.82 bits per heavy atom. The van der Waals surface area contributed by atoms with Crippen molar-refractivity contribution in [2.75, 3.05) is 28.6 Å². The lowest BCUT2D eigenvalue weighted by molar-refractivity contribution is 0.0657. The number of hydrogen-bond donors (Lipinski definition) is 2. The van der Waals surface area contributed by atoms with E-state index in [0.717, 1.165) is 29.9 Å². The van der Waals surface area contributed by atoms with Crippen LogP contribution in [0.3, 0.4) is 0 Å². The summed E-state index contributed by atoms with van der Waals surface area (Å²) in [6, 6.07) is 13.9. The number of rotatable bonds is 7. The third-order valence-electron chi connectivity index (χ3n) is 6.17. The summed E-state index contributed by atoms with van der Waals surface area (Å²) in [7, 11) is 0. The van der Waals surface area contributed by atoms with Crippen LogP contribution in [0.1, 0.15) is 53.8 Å². The standard InChI is InChI=1S/C25H29F2N5O/c1-4-31(5-2)19-12-10-18(11-13-19)29-25(33)20-15-28-32-22(23(26)27)14-21(30-24(20)32)17-8-6-16(3)7-9-17/h6-13,15,21-23,30H,4-5,14H2,1-3H3,(H,29,33)/t21-,22+/m1/s1. The van der Waals surface area contributed by atoms with Crippen LogP contribution in [-0.2, 0) is 0 Å². The van der Waals surface area contributed by atoms with Crippen molar-refractivity contribution in [1.82, 2.24) is 9.78 Å². The monoisotopic (exact) mass is 453 g/mol. The molecule has 0 bridgehead atoms. The van der Waals surface area contributed by atoms with Gasteiger partial charge in [0, 0.05) is 24.5 Å². The van der Waals surface area contributed by atoms with Crippen LogP contribution in [0.25, 0.3) is 0 Å². The first-order valence-electron chi connectivity index (χ1n) is 11.3. The number of amides is 1. The maximum absolute atomic E-state index is 13.9. The summed E-state index contributed by atoms with van der Waals surface area (Å²) >= 11 is 0. The van der Waals surface area contributed by atoms with E-state index in [2.05, 4.69) is 34.5 Å². The average Bonchev–Trinajstić information content (AvgIpc) is 3.25. The topological polar surface area (TPSA) is 62.2 Å². The number of halogens is 2. The van der Waals surface area contributed by atoms with Crippen LogP contribution in [0.4, 0.5) is 26.0 Å². The molecule has 1 amide bonds. The molecule has 0 fully saturated rings. The zero-order valence-corrected chi connectivity index (χ0v) is 19.1. The normalized spacial score (nSPS) is 17.4. The highest BCUT2D eigenvalue weighted by Crippen LogP contribution is 2.39. The van der Waals surface area contributed by atoms with E-state index in [9.17, 15) is 13.6 Å². The molecule has 2 aromatic carbocycles. The van der Waals surface area contributed by atoms with Gasteiger partial charge >= 0.3 is 0 Å². The molecule has 0 saturated heterocycles. The number of fused-ring (bicyclic) bond motifs is 1. The van der Waals surface area contributed by atoms with Crippen molar-refractivity contribution in [2.45, 2.75) is 45.7 Å². The number of carbonyl (C=O) groups is 1. The van der Waals surface area contributed by atoms with Gasteiger partial charge in [-0.25, -0.2) is 13.5 Å². The molecule has 3 aromatic rings. The van der Waals surface area contributed by atoms with Crippen molar-refractivity contribution in [2.24, 2.45) is 0 Å². The molecular weight excluding hydrogens is 424 g/mol. The smallest absolute Gasteiger partial charge is 0.261 e. The van der Waals surface area contributed by atoms with E-state index in [4.69, 9.17) is 0 Å². The minimum atomic E-state index is -2.60. The van der Waals surface area contributed by atoms with Crippen LogP contribution in [0, 0.1) is 6.92 Å². The van der Waals surface area contributed by atoms with Gasteiger partial charge in [-0.2, -0.15) is 5.10 Å². The van der Waals surface area contributed by atoms with Crippen molar-refractivity contribution in [3.63, 3.8) is 0 Å². The number of aromatic nitrogens is 2. The van der Waals surface area contributed by atoms with E-state index in [0.29, 0.717) is 11.5 Å². The molecule has 2 N–H and O–H groups in total. The van der Waals surface area contributed by atoms with Gasteiger partial charge in [-0.15, -0.1) is 0 Å². The highest BCUT2D eigenvalue weighted by molar-refractivity contribution is 6.07. The van der Waals surface area contributed by atoms with E-state index in [1.54, 1.807) is 0 Å². The Hall–Kier alpha value is -3.42. The maximum atomic E-state index is 13.9. The van der Waals surface area contributed by atoms with Crippen LogP contribution in [0.2, 0.25) is 0 Å². The van der Waals surface area contributed by atoms with Gasteiger partial charge in [-0.1, -0.05) is 29.8 Å². The number of hydrogen-bond acceptors (Lipinski definition) is 4. The summed E-state index contributed by atoms with van der Waals surface area (Å²) in [6.07, 6.45) is -1.06. The maximum Gasteiger partial charge on any atom is 0.261 e. The molecule has 33 heavy (non-hydrogen) atoms. The van der Waals surface area contributed by atoms with Gasteiger partial charge in [-0.05, 0) is 57.0 Å². The second-order valence-corrected chi connectivity index (χ2v) is 8.27. The zero-order chi connectivity index (χ0) is 23.5. The summed E-state index contributed by atoms with van der Waals surface area (Å²) in [6.45, 7) is 7.94. The third-order valence-corrected chi connectivity index (χ3v) is 6.17. The van der Waals surface area contributed by atoms with Gasteiger partial charge in [0.25, 0.3) is 12.3 Å². The largest absolute Gasteiger partial charge is 0.372 e. The summed E-state index contributed by atoms with van der Waals surface area (Å²) in [5, 5.41) is 10.3. The fourth-order valence-corrected chi connectivity index (χ4v) is 4.26. The predicted molar refractivity (Wildman–Crippen MR) is 127 cm³/mol. The lowest BCUT2D eigenvalue weighted by Gasteiger charge is -2.32. The first-order valence-corrected chi connectivity index (χ1v) is 11.3. The molecular formula is C25H29F2N5O. The van der Waals surface area contributed by atoms with E-state index in [1.165, 1.54) is 10.9 Å². The first kappa shape index (κ1) is 22.8. The lowest BCUT2D eigenvalue weighted by atomic mass is 9.96. The molecule has 2 atom stereocenters. The highest BCUT2D eigenvalue weighted by Gasteiger charge is 2.36. The third kappa shape index (κ3) is 4.69. The minimum Gasteiger partial charge on any atom is -0.372 e. The van der Waals surface area contributed by atoms with Gasteiger partial charge in [0.15, 0.2) is 0 Å². The Bertz CT molecular complexity index is 1090. The highest BCUT2D eigenvalue weighted by atomic mass is 19.3. The summed E-state index contributed by atoms with van der Waals surface area (Å²) < 4.78 is 29.0. The van der Waals surface area contributed by atoms with Crippen molar-refractivity contribution >= 4 is 23.1 Å². The Kier molecular flexibility index (Phi) is 6.62. The van der Waals surface area contributed by atoms with Gasteiger partial charge in [-0.3, -0.25) is 4.79 Å². The van der Waals surface area contributed by atoms with Crippen molar-refractivity contribution in [3.05, 3.63) is 71.4 Å². The second kappa shape index (κ2) is 9.60. The molecule has 2 heterocycles. The van der Waals surface area contributed by atoms with Crippen molar-refractivity contribution in [1.29, 1.82) is 0 Å². The summed E-state index contributed by atoms with van der Waals surface area (Å²) in [5.74, 6) is -0.0775. The Morgan fingerprint density at radius 3 is 2.42 bits per heavy atom. The minimum absolute atomic E-state index is 0.184. The van der Waals surface area contributed by atoms with Crippen LogP contribution < -0.4 is 15.5 Å². The summed E-state index contributed by atoms with van der Waals surface area (Å²) in [4.78, 5) is 15.2. The number of nitrogens with one attached hydrogen (secondary N) is 2. The van der Waals surface area contributed by atoms with Gasteiger partial charge in [0.2, 0.25) is 0 Å². The molecule has 1 aromatic heterocycles. The van der Waals surface area contributed by atoms with E-state index >= 15 is 0 Å². The van der Waals surface area contributed by atoms with E-state index in [1.807, 2.05) is 55.5 Å². The SMILES string of the molecule is CCN(CC)c1ccc(NC(=O)c2cnn3c2N[C@@H](c2ccc(C)cc2)C[C@H]3C(F)F)cc1. The molecule has 8 heteroatoms. The van der Waals surface area contributed by atoms with Gasteiger partial charge in [0.1, 0.15) is 17.4 Å². The van der Waals surface area contributed by atoms with Crippen LogP contribution in [0.15, 0.2) is 54.7 Å². The summed E-state index contributed by atoms with van der Waals surface area (Å²) in [5.41, 5.74) is 3.94. The number of nitrogens with zero attached hydrogens (tertiary/aromatic N) is 3. The molecule has 0 saturated carbocycles. The molecule has 0 spiro atoms. The number of alkyl halides is 2.